The topological polar surface area (TPSA) is 49.4 Å². The van der Waals surface area contributed by atoms with E-state index in [0.717, 1.165) is 32.0 Å². The number of anilines is 1. The molecule has 1 aliphatic carbocycles. The molecule has 0 bridgehead atoms. The Hall–Kier alpha value is -2.05. The second-order valence-electron chi connectivity index (χ2n) is 8.11. The fourth-order valence-corrected chi connectivity index (χ4v) is 4.32. The molecule has 0 radical (unpaired) electrons. The number of alkyl halides is 3. The van der Waals surface area contributed by atoms with Crippen molar-refractivity contribution in [2.24, 2.45) is 17.8 Å². The monoisotopic (exact) mass is 396 g/mol. The maximum absolute atomic E-state index is 13.1. The standard InChI is InChI=1S/C21H27F3N2O2/c1-14-5-4-12-26(13-14)20(28)16-10-8-15(9-11-16)19(27)25-18-7-3-2-6-17(18)21(22,23)24/h2-3,6-7,14-16H,4-5,8-13H2,1H3,(H,25,27). The summed E-state index contributed by atoms with van der Waals surface area (Å²) in [5.41, 5.74) is -1.05. The SMILES string of the molecule is CC1CCCN(C(=O)C2CCC(C(=O)Nc3ccccc3C(F)(F)F)CC2)C1. The molecule has 1 N–H and O–H groups in total. The Balaban J connectivity index is 1.55. The van der Waals surface area contributed by atoms with Crippen LogP contribution in [-0.4, -0.2) is 29.8 Å². The molecule has 7 heteroatoms. The van der Waals surface area contributed by atoms with Crippen LogP contribution in [0.15, 0.2) is 24.3 Å². The van der Waals surface area contributed by atoms with Gasteiger partial charge in [0.25, 0.3) is 0 Å². The summed E-state index contributed by atoms with van der Waals surface area (Å²) in [6, 6.07) is 5.01. The molecule has 28 heavy (non-hydrogen) atoms. The fraction of sp³-hybridized carbons (Fsp3) is 0.619. The predicted octanol–water partition coefficient (Wildman–Crippen LogP) is 4.71. The number of carbonyl (C=O) groups is 2. The molecule has 1 saturated heterocycles. The van der Waals surface area contributed by atoms with Crippen molar-refractivity contribution in [3.8, 4) is 0 Å². The van der Waals surface area contributed by atoms with Gasteiger partial charge < -0.3 is 10.2 Å². The maximum atomic E-state index is 13.1. The lowest BCUT2D eigenvalue weighted by Gasteiger charge is -2.35. The average Bonchev–Trinajstić information content (AvgIpc) is 2.67. The van der Waals surface area contributed by atoms with Crippen LogP contribution < -0.4 is 5.32 Å². The highest BCUT2D eigenvalue weighted by atomic mass is 19.4. The molecule has 4 nitrogen and oxygen atoms in total. The Morgan fingerprint density at radius 3 is 2.32 bits per heavy atom. The minimum atomic E-state index is -4.51. The van der Waals surface area contributed by atoms with E-state index < -0.39 is 17.6 Å². The lowest BCUT2D eigenvalue weighted by molar-refractivity contribution is -0.139. The van der Waals surface area contributed by atoms with Crippen molar-refractivity contribution in [1.82, 2.24) is 4.90 Å². The van der Waals surface area contributed by atoms with Crippen LogP contribution in [0, 0.1) is 17.8 Å². The van der Waals surface area contributed by atoms with Crippen LogP contribution in [-0.2, 0) is 15.8 Å². The summed E-state index contributed by atoms with van der Waals surface area (Å²) in [4.78, 5) is 27.2. The van der Waals surface area contributed by atoms with Crippen molar-refractivity contribution >= 4 is 17.5 Å². The molecular formula is C21H27F3N2O2. The summed E-state index contributed by atoms with van der Waals surface area (Å²) in [7, 11) is 0. The third-order valence-electron chi connectivity index (χ3n) is 5.91. The molecule has 1 aliphatic heterocycles. The Labute approximate surface area is 163 Å². The number of nitrogens with zero attached hydrogens (tertiary/aromatic N) is 1. The third kappa shape index (κ3) is 4.86. The highest BCUT2D eigenvalue weighted by molar-refractivity contribution is 5.93. The molecule has 0 aromatic heterocycles. The first-order chi connectivity index (χ1) is 13.3. The first-order valence-electron chi connectivity index (χ1n) is 10.0. The van der Waals surface area contributed by atoms with Gasteiger partial charge in [-0.25, -0.2) is 0 Å². The summed E-state index contributed by atoms with van der Waals surface area (Å²) in [6.45, 7) is 3.75. The van der Waals surface area contributed by atoms with E-state index in [1.165, 1.54) is 18.2 Å². The van der Waals surface area contributed by atoms with Crippen LogP contribution in [0.4, 0.5) is 18.9 Å². The van der Waals surface area contributed by atoms with Gasteiger partial charge in [0.05, 0.1) is 11.3 Å². The number of para-hydroxylation sites is 1. The normalized spacial score (nSPS) is 26.0. The van der Waals surface area contributed by atoms with E-state index in [2.05, 4.69) is 12.2 Å². The van der Waals surface area contributed by atoms with Crippen LogP contribution in [0.3, 0.4) is 0 Å². The number of benzene rings is 1. The van der Waals surface area contributed by atoms with E-state index in [1.807, 2.05) is 4.90 Å². The summed E-state index contributed by atoms with van der Waals surface area (Å²) in [6.07, 6.45) is -0.0516. The molecule has 1 atom stereocenters. The molecule has 2 fully saturated rings. The van der Waals surface area contributed by atoms with Crippen molar-refractivity contribution in [3.05, 3.63) is 29.8 Å². The lowest BCUT2D eigenvalue weighted by atomic mass is 9.80. The van der Waals surface area contributed by atoms with Gasteiger partial charge in [0.1, 0.15) is 0 Å². The predicted molar refractivity (Wildman–Crippen MR) is 100 cm³/mol. The average molecular weight is 396 g/mol. The van der Waals surface area contributed by atoms with Crippen molar-refractivity contribution in [2.75, 3.05) is 18.4 Å². The summed E-state index contributed by atoms with van der Waals surface area (Å²) in [5, 5.41) is 2.45. The highest BCUT2D eigenvalue weighted by Crippen LogP contribution is 2.36. The van der Waals surface area contributed by atoms with Gasteiger partial charge in [-0.1, -0.05) is 19.1 Å². The fourth-order valence-electron chi connectivity index (χ4n) is 4.32. The third-order valence-corrected chi connectivity index (χ3v) is 5.91. The molecule has 1 saturated carbocycles. The molecule has 1 aromatic carbocycles. The van der Waals surface area contributed by atoms with Crippen LogP contribution in [0.1, 0.15) is 51.0 Å². The van der Waals surface area contributed by atoms with E-state index in [1.54, 1.807) is 0 Å². The number of likely N-dealkylation sites (tertiary alicyclic amines) is 1. The molecule has 1 heterocycles. The molecule has 0 spiro atoms. The van der Waals surface area contributed by atoms with E-state index in [4.69, 9.17) is 0 Å². The Bertz CT molecular complexity index is 712. The molecule has 154 valence electrons. The number of hydrogen-bond acceptors (Lipinski definition) is 2. The molecule has 3 rings (SSSR count). The van der Waals surface area contributed by atoms with Gasteiger partial charge in [-0.2, -0.15) is 13.2 Å². The quantitative estimate of drug-likeness (QED) is 0.805. The van der Waals surface area contributed by atoms with E-state index in [-0.39, 0.29) is 23.4 Å². The zero-order chi connectivity index (χ0) is 20.3. The van der Waals surface area contributed by atoms with Gasteiger partial charge in [-0.3, -0.25) is 9.59 Å². The number of amides is 2. The number of rotatable bonds is 3. The summed E-state index contributed by atoms with van der Waals surface area (Å²) >= 11 is 0. The Morgan fingerprint density at radius 1 is 1.04 bits per heavy atom. The minimum Gasteiger partial charge on any atom is -0.342 e. The first kappa shape index (κ1) is 20.7. The second kappa shape index (κ2) is 8.53. The van der Waals surface area contributed by atoms with Gasteiger partial charge in [-0.15, -0.1) is 0 Å². The second-order valence-corrected chi connectivity index (χ2v) is 8.11. The number of carbonyl (C=O) groups excluding carboxylic acids is 2. The first-order valence-corrected chi connectivity index (χ1v) is 10.0. The minimum absolute atomic E-state index is 0.0724. The zero-order valence-electron chi connectivity index (χ0n) is 16.1. The van der Waals surface area contributed by atoms with Gasteiger partial charge in [0.15, 0.2) is 0 Å². The van der Waals surface area contributed by atoms with Crippen molar-refractivity contribution < 1.29 is 22.8 Å². The van der Waals surface area contributed by atoms with Crippen LogP contribution in [0.5, 0.6) is 0 Å². The molecule has 2 aliphatic rings. The summed E-state index contributed by atoms with van der Waals surface area (Å²) in [5.74, 6) is -0.127. The largest absolute Gasteiger partial charge is 0.418 e. The smallest absolute Gasteiger partial charge is 0.342 e. The molecular weight excluding hydrogens is 369 g/mol. The molecule has 2 amide bonds. The van der Waals surface area contributed by atoms with Crippen molar-refractivity contribution in [1.29, 1.82) is 0 Å². The van der Waals surface area contributed by atoms with Crippen LogP contribution in [0.25, 0.3) is 0 Å². The maximum Gasteiger partial charge on any atom is 0.418 e. The van der Waals surface area contributed by atoms with Crippen LogP contribution >= 0.6 is 0 Å². The van der Waals surface area contributed by atoms with Gasteiger partial charge >= 0.3 is 6.18 Å². The molecule has 1 unspecified atom stereocenters. The number of halogens is 3. The summed E-state index contributed by atoms with van der Waals surface area (Å²) < 4.78 is 39.3. The van der Waals surface area contributed by atoms with Crippen molar-refractivity contribution in [2.45, 2.75) is 51.6 Å². The Morgan fingerprint density at radius 2 is 1.68 bits per heavy atom. The zero-order valence-corrected chi connectivity index (χ0v) is 16.1. The number of nitrogens with one attached hydrogen (secondary N) is 1. The van der Waals surface area contributed by atoms with Crippen LogP contribution in [0.2, 0.25) is 0 Å². The van der Waals surface area contributed by atoms with E-state index in [9.17, 15) is 22.8 Å². The van der Waals surface area contributed by atoms with Crippen molar-refractivity contribution in [3.63, 3.8) is 0 Å². The van der Waals surface area contributed by atoms with E-state index in [0.29, 0.717) is 31.6 Å². The van der Waals surface area contributed by atoms with Gasteiger partial charge in [0, 0.05) is 24.9 Å². The number of hydrogen-bond donors (Lipinski definition) is 1. The van der Waals surface area contributed by atoms with Gasteiger partial charge in [-0.05, 0) is 56.6 Å². The van der Waals surface area contributed by atoms with Gasteiger partial charge in [0.2, 0.25) is 11.8 Å². The van der Waals surface area contributed by atoms with E-state index >= 15 is 0 Å². The highest BCUT2D eigenvalue weighted by Gasteiger charge is 2.36. The molecule has 1 aromatic rings. The number of piperidine rings is 1. The Kier molecular flexibility index (Phi) is 6.30. The lowest BCUT2D eigenvalue weighted by Crippen LogP contribution is -2.43.